The maximum Gasteiger partial charge on any atom is 0.271 e. The molecular weight excluding hydrogens is 334 g/mol. The Kier molecular flexibility index (Phi) is 4.89. The van der Waals surface area contributed by atoms with Crippen molar-refractivity contribution in [3.05, 3.63) is 76.8 Å². The molecule has 0 atom stereocenters. The largest absolute Gasteiger partial charge is 0.325 e. The first kappa shape index (κ1) is 17.1. The molecule has 1 N–H and O–H groups in total. The average Bonchev–Trinajstić information content (AvgIpc) is 2.66. The van der Waals surface area contributed by atoms with Gasteiger partial charge in [-0.05, 0) is 29.0 Å². The lowest BCUT2D eigenvalue weighted by Gasteiger charge is -2.17. The minimum atomic E-state index is -0.554. The van der Waals surface area contributed by atoms with Crippen molar-refractivity contribution >= 4 is 40.2 Å². The SMILES string of the molecule is O=CN(CC(=O)Nc1ccc2ccccc2c1)c1cccc([N+](=O)[O-])c1. The minimum Gasteiger partial charge on any atom is -0.325 e. The van der Waals surface area contributed by atoms with Gasteiger partial charge in [-0.3, -0.25) is 19.7 Å². The summed E-state index contributed by atoms with van der Waals surface area (Å²) in [5, 5.41) is 15.6. The molecule has 0 spiro atoms. The molecule has 7 heteroatoms. The molecule has 0 unspecified atom stereocenters. The van der Waals surface area contributed by atoms with Crippen LogP contribution in [0.25, 0.3) is 10.8 Å². The number of benzene rings is 3. The molecule has 26 heavy (non-hydrogen) atoms. The van der Waals surface area contributed by atoms with Gasteiger partial charge in [-0.15, -0.1) is 0 Å². The molecule has 0 aliphatic rings. The summed E-state index contributed by atoms with van der Waals surface area (Å²) in [5.41, 5.74) is 0.741. The second kappa shape index (κ2) is 7.43. The summed E-state index contributed by atoms with van der Waals surface area (Å²) < 4.78 is 0. The summed E-state index contributed by atoms with van der Waals surface area (Å²) in [7, 11) is 0. The Balaban J connectivity index is 1.73. The normalized spacial score (nSPS) is 10.3. The smallest absolute Gasteiger partial charge is 0.271 e. The maximum absolute atomic E-state index is 12.3. The van der Waals surface area contributed by atoms with E-state index in [2.05, 4.69) is 5.32 Å². The van der Waals surface area contributed by atoms with E-state index < -0.39 is 10.8 Å². The van der Waals surface area contributed by atoms with Gasteiger partial charge in [-0.1, -0.05) is 36.4 Å². The van der Waals surface area contributed by atoms with Crippen molar-refractivity contribution in [3.8, 4) is 0 Å². The molecular formula is C19H15N3O4. The first-order chi connectivity index (χ1) is 12.6. The van der Waals surface area contributed by atoms with E-state index in [4.69, 9.17) is 0 Å². The van der Waals surface area contributed by atoms with Gasteiger partial charge >= 0.3 is 0 Å². The van der Waals surface area contributed by atoms with Crippen molar-refractivity contribution in [1.29, 1.82) is 0 Å². The number of fused-ring (bicyclic) bond motifs is 1. The molecule has 0 fully saturated rings. The number of carbonyl (C=O) groups is 2. The molecule has 0 aliphatic carbocycles. The van der Waals surface area contributed by atoms with Gasteiger partial charge in [0.15, 0.2) is 0 Å². The molecule has 3 aromatic carbocycles. The number of non-ortho nitro benzene ring substituents is 1. The molecule has 0 bridgehead atoms. The number of nitrogens with one attached hydrogen (secondary N) is 1. The van der Waals surface area contributed by atoms with Gasteiger partial charge in [0.1, 0.15) is 6.54 Å². The maximum atomic E-state index is 12.3. The molecule has 7 nitrogen and oxygen atoms in total. The second-order valence-electron chi connectivity index (χ2n) is 5.62. The van der Waals surface area contributed by atoms with E-state index in [-0.39, 0.29) is 17.9 Å². The van der Waals surface area contributed by atoms with E-state index in [1.807, 2.05) is 36.4 Å². The molecule has 3 aromatic rings. The zero-order chi connectivity index (χ0) is 18.5. The first-order valence-corrected chi connectivity index (χ1v) is 7.82. The molecule has 0 aliphatic heterocycles. The highest BCUT2D eigenvalue weighted by Gasteiger charge is 2.14. The number of rotatable bonds is 6. The standard InChI is InChI=1S/C19H15N3O4/c23-13-21(17-6-3-7-18(11-17)22(25)26)12-19(24)20-16-9-8-14-4-1-2-5-15(14)10-16/h1-11,13H,12H2,(H,20,24). The third-order valence-corrected chi connectivity index (χ3v) is 3.85. The van der Waals surface area contributed by atoms with Gasteiger partial charge in [0, 0.05) is 17.8 Å². The van der Waals surface area contributed by atoms with Gasteiger partial charge < -0.3 is 10.2 Å². The fourth-order valence-electron chi connectivity index (χ4n) is 2.60. The predicted octanol–water partition coefficient (Wildman–Crippen LogP) is 3.35. The Labute approximate surface area is 149 Å². The Morgan fingerprint density at radius 2 is 1.81 bits per heavy atom. The number of nitro benzene ring substituents is 1. The van der Waals surface area contributed by atoms with Crippen LogP contribution in [0.2, 0.25) is 0 Å². The zero-order valence-electron chi connectivity index (χ0n) is 13.7. The molecule has 0 saturated carbocycles. The third kappa shape index (κ3) is 3.84. The Morgan fingerprint density at radius 1 is 1.04 bits per heavy atom. The molecule has 0 radical (unpaired) electrons. The van der Waals surface area contributed by atoms with Crippen LogP contribution in [0, 0.1) is 10.1 Å². The minimum absolute atomic E-state index is 0.149. The van der Waals surface area contributed by atoms with Crippen LogP contribution in [0.15, 0.2) is 66.7 Å². The molecule has 2 amide bonds. The summed E-state index contributed by atoms with van der Waals surface area (Å²) in [6.45, 7) is -0.252. The van der Waals surface area contributed by atoms with Crippen molar-refractivity contribution in [3.63, 3.8) is 0 Å². The Hall–Kier alpha value is -3.74. The van der Waals surface area contributed by atoms with Crippen molar-refractivity contribution in [2.24, 2.45) is 0 Å². The number of hydrogen-bond donors (Lipinski definition) is 1. The Bertz CT molecular complexity index is 987. The predicted molar refractivity (Wildman–Crippen MR) is 99.1 cm³/mol. The van der Waals surface area contributed by atoms with E-state index in [0.29, 0.717) is 12.1 Å². The number of nitro groups is 1. The zero-order valence-corrected chi connectivity index (χ0v) is 13.7. The topological polar surface area (TPSA) is 92.6 Å². The summed E-state index contributed by atoms with van der Waals surface area (Å²) in [6.07, 6.45) is 0.471. The molecule has 3 rings (SSSR count). The van der Waals surface area contributed by atoms with Crippen LogP contribution in [0.3, 0.4) is 0 Å². The summed E-state index contributed by atoms with van der Waals surface area (Å²) in [6, 6.07) is 18.8. The molecule has 130 valence electrons. The third-order valence-electron chi connectivity index (χ3n) is 3.85. The van der Waals surface area contributed by atoms with Gasteiger partial charge in [0.2, 0.25) is 12.3 Å². The second-order valence-corrected chi connectivity index (χ2v) is 5.62. The van der Waals surface area contributed by atoms with Gasteiger partial charge in [0.25, 0.3) is 5.69 Å². The van der Waals surface area contributed by atoms with Gasteiger partial charge in [0.05, 0.1) is 10.6 Å². The van der Waals surface area contributed by atoms with E-state index in [1.165, 1.54) is 24.3 Å². The summed E-state index contributed by atoms with van der Waals surface area (Å²) in [5.74, 6) is -0.404. The van der Waals surface area contributed by atoms with Crippen LogP contribution >= 0.6 is 0 Å². The number of hydrogen-bond acceptors (Lipinski definition) is 4. The lowest BCUT2D eigenvalue weighted by Crippen LogP contribution is -2.32. The average molecular weight is 349 g/mol. The number of nitrogens with zero attached hydrogens (tertiary/aromatic N) is 2. The van der Waals surface area contributed by atoms with Crippen LogP contribution in [0.1, 0.15) is 0 Å². The van der Waals surface area contributed by atoms with E-state index in [1.54, 1.807) is 6.07 Å². The summed E-state index contributed by atoms with van der Waals surface area (Å²) in [4.78, 5) is 35.0. The number of amides is 2. The molecule has 0 saturated heterocycles. The lowest BCUT2D eigenvalue weighted by atomic mass is 10.1. The fourth-order valence-corrected chi connectivity index (χ4v) is 2.60. The van der Waals surface area contributed by atoms with Gasteiger partial charge in [-0.25, -0.2) is 0 Å². The van der Waals surface area contributed by atoms with E-state index in [0.717, 1.165) is 15.7 Å². The number of carbonyl (C=O) groups excluding carboxylic acids is 2. The van der Waals surface area contributed by atoms with Crippen LogP contribution in [0.4, 0.5) is 17.1 Å². The Morgan fingerprint density at radius 3 is 2.54 bits per heavy atom. The monoisotopic (exact) mass is 349 g/mol. The van der Waals surface area contributed by atoms with Crippen LogP contribution in [-0.4, -0.2) is 23.8 Å². The van der Waals surface area contributed by atoms with Crippen LogP contribution < -0.4 is 10.2 Å². The quantitative estimate of drug-likeness (QED) is 0.419. The van der Waals surface area contributed by atoms with Gasteiger partial charge in [-0.2, -0.15) is 0 Å². The fraction of sp³-hybridized carbons (Fsp3) is 0.0526. The molecule has 0 aromatic heterocycles. The van der Waals surface area contributed by atoms with Crippen LogP contribution in [-0.2, 0) is 9.59 Å². The summed E-state index contributed by atoms with van der Waals surface area (Å²) >= 11 is 0. The lowest BCUT2D eigenvalue weighted by molar-refractivity contribution is -0.384. The highest BCUT2D eigenvalue weighted by molar-refractivity contribution is 5.99. The number of anilines is 2. The molecule has 0 heterocycles. The van der Waals surface area contributed by atoms with Crippen LogP contribution in [0.5, 0.6) is 0 Å². The van der Waals surface area contributed by atoms with E-state index in [9.17, 15) is 19.7 Å². The highest BCUT2D eigenvalue weighted by atomic mass is 16.6. The van der Waals surface area contributed by atoms with E-state index >= 15 is 0 Å². The first-order valence-electron chi connectivity index (χ1n) is 7.82. The van der Waals surface area contributed by atoms with Crippen molar-refractivity contribution < 1.29 is 14.5 Å². The van der Waals surface area contributed by atoms with Crippen molar-refractivity contribution in [1.82, 2.24) is 0 Å². The van der Waals surface area contributed by atoms with Crippen molar-refractivity contribution in [2.45, 2.75) is 0 Å². The van der Waals surface area contributed by atoms with Crippen molar-refractivity contribution in [2.75, 3.05) is 16.8 Å². The highest BCUT2D eigenvalue weighted by Crippen LogP contribution is 2.21.